The molecule has 0 aliphatic carbocycles. The lowest BCUT2D eigenvalue weighted by Crippen LogP contribution is -2.55. The smallest absolute Gasteiger partial charge is 0.103 e. The zero-order valence-corrected chi connectivity index (χ0v) is 8.72. The zero-order valence-electron chi connectivity index (χ0n) is 8.72. The van der Waals surface area contributed by atoms with Crippen LogP contribution in [0, 0.1) is 0 Å². The van der Waals surface area contributed by atoms with Gasteiger partial charge in [0.05, 0.1) is 0 Å². The highest BCUT2D eigenvalue weighted by molar-refractivity contribution is 4.86. The second-order valence-corrected chi connectivity index (χ2v) is 3.52. The van der Waals surface area contributed by atoms with Crippen molar-refractivity contribution < 1.29 is 4.39 Å². The molecule has 2 fully saturated rings. The van der Waals surface area contributed by atoms with E-state index in [1.54, 1.807) is 0 Å². The molecule has 2 saturated heterocycles. The number of rotatable bonds is 0. The highest BCUT2D eigenvalue weighted by atomic mass is 19.1. The van der Waals surface area contributed by atoms with Gasteiger partial charge in [0.25, 0.3) is 0 Å². The van der Waals surface area contributed by atoms with E-state index in [0.29, 0.717) is 6.04 Å². The molecule has 0 saturated carbocycles. The van der Waals surface area contributed by atoms with E-state index < -0.39 is 6.17 Å². The van der Waals surface area contributed by atoms with Crippen LogP contribution in [0.25, 0.3) is 0 Å². The number of piperazine rings is 1. The molecule has 2 heterocycles. The van der Waals surface area contributed by atoms with Crippen molar-refractivity contribution in [2.24, 2.45) is 0 Å². The molecule has 2 nitrogen and oxygen atoms in total. The number of hydrogen-bond donors (Lipinski definition) is 1. The first-order chi connectivity index (χ1) is 6.36. The van der Waals surface area contributed by atoms with Crippen molar-refractivity contribution in [3.63, 3.8) is 0 Å². The van der Waals surface area contributed by atoms with Crippen molar-refractivity contribution in [2.75, 3.05) is 26.2 Å². The molecule has 2 aliphatic heterocycles. The molecule has 78 valence electrons. The fourth-order valence-electron chi connectivity index (χ4n) is 2.05. The van der Waals surface area contributed by atoms with Gasteiger partial charge in [0, 0.05) is 32.2 Å². The highest BCUT2D eigenvalue weighted by Crippen LogP contribution is 2.20. The third-order valence-electron chi connectivity index (χ3n) is 2.73. The van der Waals surface area contributed by atoms with Crippen molar-refractivity contribution >= 4 is 0 Å². The predicted molar refractivity (Wildman–Crippen MR) is 53.7 cm³/mol. The van der Waals surface area contributed by atoms with Crippen LogP contribution >= 0.6 is 0 Å². The van der Waals surface area contributed by atoms with Crippen LogP contribution in [0.4, 0.5) is 4.39 Å². The Morgan fingerprint density at radius 2 is 2.08 bits per heavy atom. The first-order valence-electron chi connectivity index (χ1n) is 5.45. The van der Waals surface area contributed by atoms with Crippen LogP contribution in [-0.4, -0.2) is 43.3 Å². The molecule has 0 aromatic carbocycles. The summed E-state index contributed by atoms with van der Waals surface area (Å²) in [5.41, 5.74) is 0. The molecule has 0 aromatic heterocycles. The Bertz CT molecular complexity index is 141. The van der Waals surface area contributed by atoms with E-state index in [1.807, 2.05) is 13.8 Å². The predicted octanol–water partition coefficient (Wildman–Crippen LogP) is 1.42. The fourth-order valence-corrected chi connectivity index (χ4v) is 2.05. The number of alkyl halides is 1. The largest absolute Gasteiger partial charge is 0.314 e. The number of hydrogen-bond acceptors (Lipinski definition) is 2. The maximum atomic E-state index is 12.9. The summed E-state index contributed by atoms with van der Waals surface area (Å²) in [5.74, 6) is 0. The number of nitrogens with one attached hydrogen (secondary N) is 1. The van der Waals surface area contributed by atoms with Gasteiger partial charge in [0.2, 0.25) is 0 Å². The van der Waals surface area contributed by atoms with E-state index in [9.17, 15) is 4.39 Å². The first kappa shape index (κ1) is 10.9. The Labute approximate surface area is 80.5 Å². The molecule has 2 atom stereocenters. The molecule has 0 bridgehead atoms. The van der Waals surface area contributed by atoms with Gasteiger partial charge in [-0.2, -0.15) is 0 Å². The molecule has 0 spiro atoms. The lowest BCUT2D eigenvalue weighted by Gasteiger charge is -2.40. The van der Waals surface area contributed by atoms with Gasteiger partial charge in [-0.3, -0.25) is 4.90 Å². The topological polar surface area (TPSA) is 15.3 Å². The number of piperidine rings is 1. The molecule has 3 heteroatoms. The monoisotopic (exact) mass is 188 g/mol. The van der Waals surface area contributed by atoms with Gasteiger partial charge in [-0.05, 0) is 12.8 Å². The molecule has 13 heavy (non-hydrogen) atoms. The van der Waals surface area contributed by atoms with Crippen LogP contribution in [-0.2, 0) is 0 Å². The molecule has 0 aromatic rings. The lowest BCUT2D eigenvalue weighted by molar-refractivity contribution is 0.0721. The Morgan fingerprint density at radius 1 is 1.31 bits per heavy atom. The Morgan fingerprint density at radius 3 is 2.85 bits per heavy atom. The molecular formula is C10H21FN2. The van der Waals surface area contributed by atoms with Crippen LogP contribution in [0.3, 0.4) is 0 Å². The van der Waals surface area contributed by atoms with Gasteiger partial charge in [-0.15, -0.1) is 0 Å². The van der Waals surface area contributed by atoms with E-state index in [-0.39, 0.29) is 0 Å². The Balaban J connectivity index is 0.000000396. The molecule has 0 radical (unpaired) electrons. The molecular weight excluding hydrogens is 167 g/mol. The third kappa shape index (κ3) is 2.92. The van der Waals surface area contributed by atoms with E-state index in [0.717, 1.165) is 39.0 Å². The SMILES string of the molecule is CC.FC1CCN2CCNCC2C1. The standard InChI is InChI=1S/C8H15FN2.C2H6/c9-7-1-3-11-4-2-10-6-8(11)5-7;1-2/h7-8,10H,1-6H2;1-2H3. The summed E-state index contributed by atoms with van der Waals surface area (Å²) in [6.07, 6.45) is 0.944. The summed E-state index contributed by atoms with van der Waals surface area (Å²) in [7, 11) is 0. The summed E-state index contributed by atoms with van der Waals surface area (Å²) in [5, 5.41) is 3.30. The highest BCUT2D eigenvalue weighted by Gasteiger charge is 2.29. The van der Waals surface area contributed by atoms with Gasteiger partial charge < -0.3 is 5.32 Å². The summed E-state index contributed by atoms with van der Waals surface area (Å²) in [6.45, 7) is 8.14. The maximum absolute atomic E-state index is 12.9. The molecule has 1 N–H and O–H groups in total. The summed E-state index contributed by atoms with van der Waals surface area (Å²) in [4.78, 5) is 2.41. The minimum absolute atomic E-state index is 0.479. The van der Waals surface area contributed by atoms with Crippen molar-refractivity contribution in [3.05, 3.63) is 0 Å². The van der Waals surface area contributed by atoms with Gasteiger partial charge in [0.1, 0.15) is 6.17 Å². The van der Waals surface area contributed by atoms with E-state index in [2.05, 4.69) is 10.2 Å². The van der Waals surface area contributed by atoms with E-state index in [4.69, 9.17) is 0 Å². The summed E-state index contributed by atoms with van der Waals surface area (Å²) in [6, 6.07) is 0.479. The second kappa shape index (κ2) is 5.55. The molecule has 2 unspecified atom stereocenters. The normalized spacial score (nSPS) is 34.4. The van der Waals surface area contributed by atoms with Crippen LogP contribution in [0.1, 0.15) is 26.7 Å². The number of fused-ring (bicyclic) bond motifs is 1. The van der Waals surface area contributed by atoms with E-state index in [1.165, 1.54) is 0 Å². The van der Waals surface area contributed by atoms with Gasteiger partial charge in [0.15, 0.2) is 0 Å². The molecule has 0 amide bonds. The molecule has 2 rings (SSSR count). The zero-order chi connectivity index (χ0) is 9.68. The minimum Gasteiger partial charge on any atom is -0.314 e. The summed E-state index contributed by atoms with van der Waals surface area (Å²) < 4.78 is 12.9. The van der Waals surface area contributed by atoms with Gasteiger partial charge in [-0.25, -0.2) is 4.39 Å². The van der Waals surface area contributed by atoms with Crippen LogP contribution in [0.5, 0.6) is 0 Å². The Kier molecular flexibility index (Phi) is 4.67. The Hall–Kier alpha value is -0.150. The van der Waals surface area contributed by atoms with Gasteiger partial charge >= 0.3 is 0 Å². The van der Waals surface area contributed by atoms with Crippen molar-refractivity contribution in [1.82, 2.24) is 10.2 Å². The minimum atomic E-state index is -0.545. The number of nitrogens with zero attached hydrogens (tertiary/aromatic N) is 1. The molecule has 2 aliphatic rings. The lowest BCUT2D eigenvalue weighted by atomic mass is 9.99. The maximum Gasteiger partial charge on any atom is 0.103 e. The van der Waals surface area contributed by atoms with Crippen LogP contribution in [0.2, 0.25) is 0 Å². The first-order valence-corrected chi connectivity index (χ1v) is 5.45. The quantitative estimate of drug-likeness (QED) is 0.618. The average Bonchev–Trinajstić information content (AvgIpc) is 2.21. The number of halogens is 1. The van der Waals surface area contributed by atoms with Crippen molar-refractivity contribution in [3.8, 4) is 0 Å². The van der Waals surface area contributed by atoms with Crippen LogP contribution < -0.4 is 5.32 Å². The van der Waals surface area contributed by atoms with Crippen molar-refractivity contribution in [1.29, 1.82) is 0 Å². The average molecular weight is 188 g/mol. The van der Waals surface area contributed by atoms with Crippen molar-refractivity contribution in [2.45, 2.75) is 38.9 Å². The third-order valence-corrected chi connectivity index (χ3v) is 2.73. The fraction of sp³-hybridized carbons (Fsp3) is 1.00. The second-order valence-electron chi connectivity index (χ2n) is 3.52. The van der Waals surface area contributed by atoms with Gasteiger partial charge in [-0.1, -0.05) is 13.8 Å². The summed E-state index contributed by atoms with van der Waals surface area (Å²) >= 11 is 0. The van der Waals surface area contributed by atoms with E-state index >= 15 is 0 Å². The van der Waals surface area contributed by atoms with Crippen LogP contribution in [0.15, 0.2) is 0 Å².